The Morgan fingerprint density at radius 3 is 2.64 bits per heavy atom. The van der Waals surface area contributed by atoms with Crippen LogP contribution in [0.5, 0.6) is 0 Å². The number of fused-ring (bicyclic) bond motifs is 1. The molecule has 1 aromatic carbocycles. The lowest BCUT2D eigenvalue weighted by Crippen LogP contribution is -2.29. The van der Waals surface area contributed by atoms with Crippen LogP contribution < -0.4 is 0 Å². The number of benzene rings is 1. The number of nitrogens with zero attached hydrogens (tertiary/aromatic N) is 2. The first kappa shape index (κ1) is 15.5. The Morgan fingerprint density at radius 1 is 1.24 bits per heavy atom. The van der Waals surface area contributed by atoms with Gasteiger partial charge >= 0.3 is 0 Å². The number of amides is 2. The summed E-state index contributed by atoms with van der Waals surface area (Å²) in [7, 11) is 0. The van der Waals surface area contributed by atoms with Crippen molar-refractivity contribution in [3.63, 3.8) is 0 Å². The Labute approximate surface area is 142 Å². The molecule has 0 N–H and O–H groups in total. The molecule has 0 saturated heterocycles. The molecular weight excluding hydrogens is 327 g/mol. The second-order valence-corrected chi connectivity index (χ2v) is 5.67. The van der Waals surface area contributed by atoms with E-state index in [0.717, 1.165) is 0 Å². The maximum Gasteiger partial charge on any atom is 0.285 e. The molecule has 1 aromatic heterocycles. The average Bonchev–Trinajstić information content (AvgIpc) is 3.19. The average molecular weight is 340 g/mol. The van der Waals surface area contributed by atoms with Crippen LogP contribution in [0.15, 0.2) is 59.0 Å². The maximum absolute atomic E-state index is 13.8. The van der Waals surface area contributed by atoms with Gasteiger partial charge in [-0.05, 0) is 24.6 Å². The summed E-state index contributed by atoms with van der Waals surface area (Å²) in [5.74, 6) is -1.68. The van der Waals surface area contributed by atoms with Gasteiger partial charge in [-0.2, -0.15) is 0 Å². The van der Waals surface area contributed by atoms with Crippen molar-refractivity contribution in [2.24, 2.45) is 0 Å². The molecule has 1 aliphatic carbocycles. The maximum atomic E-state index is 13.8. The third-order valence-electron chi connectivity index (χ3n) is 4.06. The first-order chi connectivity index (χ1) is 12.1. The molecule has 1 aliphatic heterocycles. The van der Waals surface area contributed by atoms with Gasteiger partial charge in [0.1, 0.15) is 24.4 Å². The van der Waals surface area contributed by atoms with Crippen molar-refractivity contribution in [1.29, 1.82) is 0 Å². The minimum absolute atomic E-state index is 0.136. The molecule has 0 spiro atoms. The number of aromatic nitrogens is 1. The fourth-order valence-corrected chi connectivity index (χ4v) is 2.79. The van der Waals surface area contributed by atoms with Crippen molar-refractivity contribution in [2.45, 2.75) is 18.9 Å². The summed E-state index contributed by atoms with van der Waals surface area (Å²) in [6, 6.07) is 6.49. The lowest BCUT2D eigenvalue weighted by molar-refractivity contribution is -0.102. The van der Waals surface area contributed by atoms with E-state index in [1.54, 1.807) is 30.3 Å². The molecule has 6 nitrogen and oxygen atoms in total. The highest BCUT2D eigenvalue weighted by molar-refractivity contribution is 6.20. The molecule has 0 bridgehead atoms. The van der Waals surface area contributed by atoms with Crippen molar-refractivity contribution >= 4 is 11.8 Å². The fourth-order valence-electron chi connectivity index (χ4n) is 2.79. The molecule has 2 aliphatic rings. The van der Waals surface area contributed by atoms with Gasteiger partial charge in [-0.3, -0.25) is 14.4 Å². The second kappa shape index (κ2) is 6.10. The molecule has 25 heavy (non-hydrogen) atoms. The number of carbonyl (C=O) groups is 2. The number of allylic oxidation sites excluding steroid dienone is 4. The van der Waals surface area contributed by atoms with E-state index in [1.165, 1.54) is 12.3 Å². The van der Waals surface area contributed by atoms with Gasteiger partial charge in [0.05, 0.1) is 17.0 Å². The molecule has 2 aromatic rings. The second-order valence-electron chi connectivity index (χ2n) is 5.67. The van der Waals surface area contributed by atoms with Gasteiger partial charge in [0.2, 0.25) is 5.89 Å². The van der Waals surface area contributed by atoms with Gasteiger partial charge in [-0.1, -0.05) is 24.3 Å². The first-order valence-electron chi connectivity index (χ1n) is 7.72. The summed E-state index contributed by atoms with van der Waals surface area (Å²) < 4.78 is 19.1. The Hall–Kier alpha value is -3.06. The number of hydrogen-bond donors (Lipinski definition) is 0. The van der Waals surface area contributed by atoms with Gasteiger partial charge in [0.15, 0.2) is 0 Å². The highest BCUT2D eigenvalue weighted by atomic mass is 19.1. The Bertz CT molecular complexity index is 880. The SMILES string of the molecule is O=C1c2ccccc2C(=O)N1OCc1coc(C2CC=CC=C2F)n1. The molecule has 126 valence electrons. The van der Waals surface area contributed by atoms with Crippen molar-refractivity contribution in [1.82, 2.24) is 10.0 Å². The first-order valence-corrected chi connectivity index (χ1v) is 7.72. The van der Waals surface area contributed by atoms with Crippen LogP contribution in [0.1, 0.15) is 44.6 Å². The van der Waals surface area contributed by atoms with E-state index in [-0.39, 0.29) is 18.3 Å². The van der Waals surface area contributed by atoms with Gasteiger partial charge < -0.3 is 4.42 Å². The van der Waals surface area contributed by atoms with Crippen LogP contribution in [0.4, 0.5) is 4.39 Å². The van der Waals surface area contributed by atoms with Crippen molar-refractivity contribution in [3.8, 4) is 0 Å². The predicted octanol–water partition coefficient (Wildman–Crippen LogP) is 3.30. The molecular formula is C18H13FN2O4. The molecule has 4 rings (SSSR count). The Balaban J connectivity index is 1.45. The lowest BCUT2D eigenvalue weighted by Gasteiger charge is -2.12. The Morgan fingerprint density at radius 2 is 1.96 bits per heavy atom. The quantitative estimate of drug-likeness (QED) is 0.799. The molecule has 7 heteroatoms. The van der Waals surface area contributed by atoms with Gasteiger partial charge in [-0.15, -0.1) is 5.06 Å². The third-order valence-corrected chi connectivity index (χ3v) is 4.06. The summed E-state index contributed by atoms with van der Waals surface area (Å²) in [5.41, 5.74) is 0.970. The number of halogens is 1. The van der Waals surface area contributed by atoms with Crippen LogP contribution in [0, 0.1) is 0 Å². The van der Waals surface area contributed by atoms with Crippen LogP contribution in [0.3, 0.4) is 0 Å². The van der Waals surface area contributed by atoms with E-state index in [1.807, 2.05) is 6.08 Å². The smallest absolute Gasteiger partial charge is 0.285 e. The van der Waals surface area contributed by atoms with E-state index in [4.69, 9.17) is 9.25 Å². The van der Waals surface area contributed by atoms with E-state index in [9.17, 15) is 14.0 Å². The standard InChI is InChI=1S/C18H13FN2O4/c19-15-8-4-3-7-14(15)16-20-11(9-24-16)10-25-21-17(22)12-5-1-2-6-13(12)18(21)23/h1-6,8-9,14H,7,10H2. The van der Waals surface area contributed by atoms with Gasteiger partial charge in [0.25, 0.3) is 11.8 Å². The fraction of sp³-hybridized carbons (Fsp3) is 0.167. The van der Waals surface area contributed by atoms with Crippen molar-refractivity contribution < 1.29 is 23.2 Å². The topological polar surface area (TPSA) is 72.6 Å². The van der Waals surface area contributed by atoms with Crippen molar-refractivity contribution in [2.75, 3.05) is 0 Å². The Kier molecular flexibility index (Phi) is 3.77. The molecule has 1 atom stereocenters. The van der Waals surface area contributed by atoms with Crippen molar-refractivity contribution in [3.05, 3.63) is 77.3 Å². The minimum Gasteiger partial charge on any atom is -0.448 e. The normalized spacial score (nSPS) is 19.3. The largest absolute Gasteiger partial charge is 0.448 e. The van der Waals surface area contributed by atoms with Crippen LogP contribution in [0.25, 0.3) is 0 Å². The highest BCUT2D eigenvalue weighted by Crippen LogP contribution is 2.31. The summed E-state index contributed by atoms with van der Waals surface area (Å²) >= 11 is 0. The number of hydroxylamine groups is 2. The van der Waals surface area contributed by atoms with Crippen LogP contribution in [-0.4, -0.2) is 21.9 Å². The van der Waals surface area contributed by atoms with E-state index >= 15 is 0 Å². The number of rotatable bonds is 4. The number of imide groups is 1. The van der Waals surface area contributed by atoms with E-state index in [0.29, 0.717) is 28.3 Å². The monoisotopic (exact) mass is 340 g/mol. The number of oxazole rings is 1. The number of hydrogen-bond acceptors (Lipinski definition) is 5. The van der Waals surface area contributed by atoms with E-state index in [2.05, 4.69) is 4.98 Å². The van der Waals surface area contributed by atoms with Gasteiger partial charge in [0, 0.05) is 0 Å². The van der Waals surface area contributed by atoms with Crippen LogP contribution in [-0.2, 0) is 11.4 Å². The molecule has 1 unspecified atom stereocenters. The number of carbonyl (C=O) groups excluding carboxylic acids is 2. The molecule has 2 heterocycles. The third kappa shape index (κ3) is 2.68. The predicted molar refractivity (Wildman–Crippen MR) is 83.9 cm³/mol. The zero-order valence-corrected chi connectivity index (χ0v) is 13.0. The lowest BCUT2D eigenvalue weighted by atomic mass is 10.00. The van der Waals surface area contributed by atoms with Crippen LogP contribution >= 0.6 is 0 Å². The molecule has 0 saturated carbocycles. The minimum atomic E-state index is -0.557. The summed E-state index contributed by atoms with van der Waals surface area (Å²) in [6.45, 7) is -0.136. The van der Waals surface area contributed by atoms with E-state index < -0.39 is 17.7 Å². The summed E-state index contributed by atoms with van der Waals surface area (Å²) in [4.78, 5) is 33.9. The molecule has 0 fully saturated rings. The summed E-state index contributed by atoms with van der Waals surface area (Å²) in [5, 5.41) is 0.711. The molecule has 2 amide bonds. The highest BCUT2D eigenvalue weighted by Gasteiger charge is 2.36. The zero-order chi connectivity index (χ0) is 17.4. The molecule has 0 radical (unpaired) electrons. The van der Waals surface area contributed by atoms with Crippen LogP contribution in [0.2, 0.25) is 0 Å². The summed E-state index contributed by atoms with van der Waals surface area (Å²) in [6.07, 6.45) is 6.63. The zero-order valence-electron chi connectivity index (χ0n) is 13.0. The van der Waals surface area contributed by atoms with Gasteiger partial charge in [-0.25, -0.2) is 9.37 Å².